The highest BCUT2D eigenvalue weighted by Gasteiger charge is 2.22. The molecule has 2 aromatic carbocycles. The van der Waals surface area contributed by atoms with Crippen LogP contribution in [-0.4, -0.2) is 62.7 Å². The molecular weight excluding hydrogens is 402 g/mol. The number of sulfonamides is 1. The predicted octanol–water partition coefficient (Wildman–Crippen LogP) is 2.80. The second-order valence-electron chi connectivity index (χ2n) is 7.23. The summed E-state index contributed by atoms with van der Waals surface area (Å²) in [5.41, 5.74) is 2.12. The Hall–Kier alpha value is -2.58. The average molecular weight is 432 g/mol. The monoisotopic (exact) mass is 431 g/mol. The van der Waals surface area contributed by atoms with Gasteiger partial charge in [-0.15, -0.1) is 0 Å². The molecule has 0 bridgehead atoms. The van der Waals surface area contributed by atoms with E-state index in [2.05, 4.69) is 21.8 Å². The van der Waals surface area contributed by atoms with Gasteiger partial charge in [-0.1, -0.05) is 18.2 Å². The Kier molecular flexibility index (Phi) is 7.33. The smallest absolute Gasteiger partial charge is 0.254 e. The van der Waals surface area contributed by atoms with Gasteiger partial charge < -0.3 is 9.64 Å². The molecule has 0 aromatic heterocycles. The molecule has 0 aliphatic carbocycles. The molecule has 7 nitrogen and oxygen atoms in total. The maximum Gasteiger partial charge on any atom is 0.254 e. The van der Waals surface area contributed by atoms with E-state index in [1.807, 2.05) is 24.0 Å². The Morgan fingerprint density at radius 3 is 2.37 bits per heavy atom. The molecule has 0 radical (unpaired) electrons. The number of nitrogens with one attached hydrogen (secondary N) is 1. The van der Waals surface area contributed by atoms with Crippen molar-refractivity contribution < 1.29 is 17.9 Å². The van der Waals surface area contributed by atoms with Gasteiger partial charge in [-0.3, -0.25) is 14.4 Å². The first-order valence-electron chi connectivity index (χ1n) is 10.2. The summed E-state index contributed by atoms with van der Waals surface area (Å²) < 4.78 is 31.5. The van der Waals surface area contributed by atoms with Gasteiger partial charge in [0, 0.05) is 44.0 Å². The number of hydrogen-bond acceptors (Lipinski definition) is 5. The minimum Gasteiger partial charge on any atom is -0.494 e. The van der Waals surface area contributed by atoms with Crippen LogP contribution in [0.2, 0.25) is 0 Å². The van der Waals surface area contributed by atoms with Gasteiger partial charge in [0.2, 0.25) is 10.0 Å². The largest absolute Gasteiger partial charge is 0.494 e. The van der Waals surface area contributed by atoms with Crippen LogP contribution in [0.1, 0.15) is 29.8 Å². The molecule has 1 saturated heterocycles. The third-order valence-electron chi connectivity index (χ3n) is 5.06. The zero-order valence-electron chi connectivity index (χ0n) is 17.5. The number of carbonyl (C=O) groups excluding carboxylic acids is 1. The van der Waals surface area contributed by atoms with Gasteiger partial charge in [-0.05, 0) is 49.7 Å². The molecule has 0 unspecified atom stereocenters. The maximum atomic E-state index is 12.9. The number of carbonyl (C=O) groups is 1. The van der Waals surface area contributed by atoms with Crippen LogP contribution < -0.4 is 9.46 Å². The van der Waals surface area contributed by atoms with Crippen molar-refractivity contribution in [3.05, 3.63) is 59.7 Å². The number of rotatable bonds is 8. The number of piperazine rings is 1. The standard InChI is InChI=1S/C22H29N3O4S/c1-3-29-21-10-8-18(9-11-21)17-24-12-14-25(15-13-24)22(26)19-6-5-7-20(16-19)23-30(27,28)4-2/h5-11,16,23H,3-4,12-15,17H2,1-2H3. The molecular formula is C22H29N3O4S. The lowest BCUT2D eigenvalue weighted by Crippen LogP contribution is -2.48. The van der Waals surface area contributed by atoms with Crippen molar-refractivity contribution in [1.82, 2.24) is 9.80 Å². The molecule has 1 N–H and O–H groups in total. The first-order chi connectivity index (χ1) is 14.4. The summed E-state index contributed by atoms with van der Waals surface area (Å²) in [5.74, 6) is 0.787. The van der Waals surface area contributed by atoms with Crippen LogP contribution in [0.15, 0.2) is 48.5 Å². The Morgan fingerprint density at radius 1 is 1.03 bits per heavy atom. The van der Waals surface area contributed by atoms with Crippen LogP contribution in [0.5, 0.6) is 5.75 Å². The number of nitrogens with zero attached hydrogens (tertiary/aromatic N) is 2. The maximum absolute atomic E-state index is 12.9. The second kappa shape index (κ2) is 9.95. The third kappa shape index (κ3) is 5.96. The van der Waals surface area contributed by atoms with Gasteiger partial charge in [0.25, 0.3) is 5.91 Å². The topological polar surface area (TPSA) is 79.0 Å². The zero-order chi connectivity index (χ0) is 21.6. The van der Waals surface area contributed by atoms with Crippen molar-refractivity contribution in [2.75, 3.05) is 43.3 Å². The molecule has 30 heavy (non-hydrogen) atoms. The van der Waals surface area contributed by atoms with E-state index in [-0.39, 0.29) is 11.7 Å². The Balaban J connectivity index is 1.55. The number of anilines is 1. The quantitative estimate of drug-likeness (QED) is 0.695. The molecule has 1 aliphatic rings. The first kappa shape index (κ1) is 22.1. The van der Waals surface area contributed by atoms with E-state index in [1.54, 1.807) is 31.2 Å². The summed E-state index contributed by atoms with van der Waals surface area (Å²) in [5, 5.41) is 0. The van der Waals surface area contributed by atoms with E-state index in [0.29, 0.717) is 30.9 Å². The first-order valence-corrected chi connectivity index (χ1v) is 11.9. The summed E-state index contributed by atoms with van der Waals surface area (Å²) in [7, 11) is -3.37. The fourth-order valence-electron chi connectivity index (χ4n) is 3.38. The summed E-state index contributed by atoms with van der Waals surface area (Å²) >= 11 is 0. The van der Waals surface area contributed by atoms with Crippen LogP contribution in [0.3, 0.4) is 0 Å². The summed E-state index contributed by atoms with van der Waals surface area (Å²) in [6, 6.07) is 14.8. The number of benzene rings is 2. The Labute approximate surface area is 178 Å². The summed E-state index contributed by atoms with van der Waals surface area (Å²) in [6.45, 7) is 7.90. The highest BCUT2D eigenvalue weighted by atomic mass is 32.2. The van der Waals surface area contributed by atoms with E-state index in [4.69, 9.17) is 4.74 Å². The molecule has 3 rings (SSSR count). The van der Waals surface area contributed by atoms with Gasteiger partial charge in [-0.25, -0.2) is 8.42 Å². The molecule has 2 aromatic rings. The van der Waals surface area contributed by atoms with E-state index >= 15 is 0 Å². The lowest BCUT2D eigenvalue weighted by atomic mass is 10.1. The highest BCUT2D eigenvalue weighted by molar-refractivity contribution is 7.92. The molecule has 1 amide bonds. The van der Waals surface area contributed by atoms with Crippen LogP contribution in [-0.2, 0) is 16.6 Å². The number of ether oxygens (including phenoxy) is 1. The molecule has 1 heterocycles. The fourth-order valence-corrected chi connectivity index (χ4v) is 4.01. The molecule has 0 saturated carbocycles. The lowest BCUT2D eigenvalue weighted by molar-refractivity contribution is 0.0628. The van der Waals surface area contributed by atoms with Crippen molar-refractivity contribution in [3.8, 4) is 5.75 Å². The third-order valence-corrected chi connectivity index (χ3v) is 6.37. The summed E-state index contributed by atoms with van der Waals surface area (Å²) in [6.07, 6.45) is 0. The number of hydrogen-bond donors (Lipinski definition) is 1. The summed E-state index contributed by atoms with van der Waals surface area (Å²) in [4.78, 5) is 17.0. The number of amides is 1. The van der Waals surface area contributed by atoms with Crippen LogP contribution >= 0.6 is 0 Å². The average Bonchev–Trinajstić information content (AvgIpc) is 2.75. The van der Waals surface area contributed by atoms with Crippen molar-refractivity contribution in [3.63, 3.8) is 0 Å². The van der Waals surface area contributed by atoms with Gasteiger partial charge in [0.05, 0.1) is 12.4 Å². The van der Waals surface area contributed by atoms with Gasteiger partial charge in [0.15, 0.2) is 0 Å². The van der Waals surface area contributed by atoms with Crippen molar-refractivity contribution in [2.45, 2.75) is 20.4 Å². The molecule has 0 spiro atoms. The van der Waals surface area contributed by atoms with E-state index in [9.17, 15) is 13.2 Å². The van der Waals surface area contributed by atoms with Crippen molar-refractivity contribution in [1.29, 1.82) is 0 Å². The van der Waals surface area contributed by atoms with Crippen LogP contribution in [0.25, 0.3) is 0 Å². The second-order valence-corrected chi connectivity index (χ2v) is 9.24. The lowest BCUT2D eigenvalue weighted by Gasteiger charge is -2.34. The van der Waals surface area contributed by atoms with Crippen LogP contribution in [0, 0.1) is 0 Å². The molecule has 1 aliphatic heterocycles. The highest BCUT2D eigenvalue weighted by Crippen LogP contribution is 2.17. The van der Waals surface area contributed by atoms with E-state index < -0.39 is 10.0 Å². The van der Waals surface area contributed by atoms with Gasteiger partial charge >= 0.3 is 0 Å². The van der Waals surface area contributed by atoms with E-state index in [0.717, 1.165) is 25.4 Å². The van der Waals surface area contributed by atoms with Gasteiger partial charge in [-0.2, -0.15) is 0 Å². The normalized spacial score (nSPS) is 15.1. The van der Waals surface area contributed by atoms with Gasteiger partial charge in [0.1, 0.15) is 5.75 Å². The Bertz CT molecular complexity index is 953. The van der Waals surface area contributed by atoms with E-state index in [1.165, 1.54) is 5.56 Å². The molecule has 1 fully saturated rings. The minimum atomic E-state index is -3.37. The molecule has 0 atom stereocenters. The van der Waals surface area contributed by atoms with Crippen molar-refractivity contribution in [2.24, 2.45) is 0 Å². The molecule has 8 heteroatoms. The minimum absolute atomic E-state index is 0.0124. The SMILES string of the molecule is CCOc1ccc(CN2CCN(C(=O)c3cccc(NS(=O)(=O)CC)c3)CC2)cc1. The zero-order valence-corrected chi connectivity index (χ0v) is 18.3. The molecule has 162 valence electrons. The fraction of sp³-hybridized carbons (Fsp3) is 0.409. The van der Waals surface area contributed by atoms with Crippen molar-refractivity contribution >= 4 is 21.6 Å². The van der Waals surface area contributed by atoms with Crippen LogP contribution in [0.4, 0.5) is 5.69 Å². The Morgan fingerprint density at radius 2 is 1.73 bits per heavy atom. The predicted molar refractivity (Wildman–Crippen MR) is 118 cm³/mol.